The molecule has 3 rings (SSSR count). The molecule has 2 aromatic rings. The van der Waals surface area contributed by atoms with Crippen LogP contribution in [0.15, 0.2) is 18.2 Å². The molecule has 0 atom stereocenters. The van der Waals surface area contributed by atoms with E-state index < -0.39 is 6.03 Å². The van der Waals surface area contributed by atoms with Crippen LogP contribution in [0.2, 0.25) is 6.82 Å². The number of anilines is 1. The highest BCUT2D eigenvalue weighted by Gasteiger charge is 2.28. The summed E-state index contributed by atoms with van der Waals surface area (Å²) in [6, 6.07) is 5.48. The van der Waals surface area contributed by atoms with Crippen LogP contribution in [0, 0.1) is 0 Å². The molecule has 1 radical (unpaired) electrons. The Hall–Kier alpha value is -2.31. The minimum atomic E-state index is -0.410. The van der Waals surface area contributed by atoms with Crippen LogP contribution < -0.4 is 15.7 Å². The normalized spacial score (nSPS) is 15.6. The van der Waals surface area contributed by atoms with E-state index >= 15 is 0 Å². The van der Waals surface area contributed by atoms with Gasteiger partial charge in [-0.1, -0.05) is 24.4 Å². The summed E-state index contributed by atoms with van der Waals surface area (Å²) in [6.45, 7) is 2.32. The molecule has 20 heavy (non-hydrogen) atoms. The number of aromatic nitrogens is 2. The van der Waals surface area contributed by atoms with Crippen LogP contribution in [0.25, 0.3) is 10.9 Å². The summed E-state index contributed by atoms with van der Waals surface area (Å²) >= 11 is 0. The van der Waals surface area contributed by atoms with Crippen LogP contribution in [-0.2, 0) is 11.8 Å². The number of hydrogen-bond donors (Lipinski definition) is 1. The minimum Gasteiger partial charge on any atom is -0.278 e. The maximum absolute atomic E-state index is 11.9. The van der Waals surface area contributed by atoms with E-state index in [1.54, 1.807) is 4.68 Å². The molecular formula is C13H14BN4O2. The smallest absolute Gasteiger partial charge is 0.278 e. The van der Waals surface area contributed by atoms with Gasteiger partial charge >= 0.3 is 6.03 Å². The highest BCUT2D eigenvalue weighted by Crippen LogP contribution is 2.25. The zero-order valence-electron chi connectivity index (χ0n) is 11.4. The van der Waals surface area contributed by atoms with Gasteiger partial charge in [0, 0.05) is 25.4 Å². The lowest BCUT2D eigenvalue weighted by Crippen LogP contribution is -2.49. The van der Waals surface area contributed by atoms with E-state index in [-0.39, 0.29) is 5.91 Å². The second-order valence-corrected chi connectivity index (χ2v) is 4.73. The van der Waals surface area contributed by atoms with Crippen LogP contribution in [0.1, 0.15) is 6.42 Å². The molecule has 0 bridgehead atoms. The molecule has 0 spiro atoms. The fourth-order valence-electron chi connectivity index (χ4n) is 2.55. The fourth-order valence-corrected chi connectivity index (χ4v) is 2.55. The van der Waals surface area contributed by atoms with Gasteiger partial charge in [0.1, 0.15) is 0 Å². The van der Waals surface area contributed by atoms with Gasteiger partial charge in [0.15, 0.2) is 13.1 Å². The largest absolute Gasteiger partial charge is 0.329 e. The van der Waals surface area contributed by atoms with Gasteiger partial charge in [-0.25, -0.2) is 4.79 Å². The Morgan fingerprint density at radius 2 is 2.15 bits per heavy atom. The first-order valence-electron chi connectivity index (χ1n) is 6.48. The molecule has 101 valence electrons. The van der Waals surface area contributed by atoms with Gasteiger partial charge in [-0.05, 0) is 6.07 Å². The number of urea groups is 1. The summed E-state index contributed by atoms with van der Waals surface area (Å²) in [5.41, 5.74) is 2.05. The van der Waals surface area contributed by atoms with E-state index in [0.717, 1.165) is 16.4 Å². The van der Waals surface area contributed by atoms with Crippen molar-refractivity contribution in [2.45, 2.75) is 13.2 Å². The van der Waals surface area contributed by atoms with Gasteiger partial charge in [-0.2, -0.15) is 5.10 Å². The lowest BCUT2D eigenvalue weighted by atomic mass is 9.72. The molecule has 1 aromatic carbocycles. The van der Waals surface area contributed by atoms with E-state index in [0.29, 0.717) is 18.8 Å². The molecule has 1 aliphatic rings. The maximum Gasteiger partial charge on any atom is 0.329 e. The van der Waals surface area contributed by atoms with E-state index in [1.165, 1.54) is 4.90 Å². The Bertz CT molecular complexity index is 710. The van der Waals surface area contributed by atoms with Crippen LogP contribution in [0.3, 0.4) is 0 Å². The number of fused-ring (bicyclic) bond motifs is 1. The van der Waals surface area contributed by atoms with Crippen LogP contribution in [0.5, 0.6) is 0 Å². The highest BCUT2D eigenvalue weighted by atomic mass is 16.2. The van der Waals surface area contributed by atoms with Gasteiger partial charge in [0.25, 0.3) is 0 Å². The lowest BCUT2D eigenvalue weighted by molar-refractivity contribution is -0.120. The predicted octanol–water partition coefficient (Wildman–Crippen LogP) is 0.397. The molecule has 7 heteroatoms. The molecule has 2 heterocycles. The summed E-state index contributed by atoms with van der Waals surface area (Å²) in [5, 5.41) is 7.68. The molecule has 1 aromatic heterocycles. The monoisotopic (exact) mass is 269 g/mol. The van der Waals surface area contributed by atoms with Gasteiger partial charge in [-0.3, -0.25) is 19.7 Å². The zero-order chi connectivity index (χ0) is 14.3. The fraction of sp³-hybridized carbons (Fsp3) is 0.308. The number of rotatable bonds is 2. The number of para-hydroxylation sites is 1. The molecule has 0 saturated carbocycles. The SMILES string of the molecule is C[B]c1cccc2c(N3CCC(=O)NC3=O)nn(C)c12. The molecule has 1 N–H and O–H groups in total. The first-order chi connectivity index (χ1) is 9.61. The van der Waals surface area contributed by atoms with Gasteiger partial charge in [-0.15, -0.1) is 0 Å². The second kappa shape index (κ2) is 4.66. The number of carbonyl (C=O) groups is 2. The van der Waals surface area contributed by atoms with Crippen molar-refractivity contribution >= 4 is 41.4 Å². The molecule has 3 amide bonds. The molecule has 1 aliphatic heterocycles. The summed E-state index contributed by atoms with van der Waals surface area (Å²) in [5.74, 6) is 0.352. The van der Waals surface area contributed by atoms with Crippen LogP contribution in [-0.4, -0.2) is 35.5 Å². The lowest BCUT2D eigenvalue weighted by Gasteiger charge is -2.24. The molecule has 1 fully saturated rings. The number of imide groups is 1. The van der Waals surface area contributed by atoms with Gasteiger partial charge in [0.05, 0.1) is 5.52 Å². The van der Waals surface area contributed by atoms with E-state index in [4.69, 9.17) is 0 Å². The van der Waals surface area contributed by atoms with Crippen molar-refractivity contribution in [3.63, 3.8) is 0 Å². The van der Waals surface area contributed by atoms with Gasteiger partial charge in [0.2, 0.25) is 5.91 Å². The topological polar surface area (TPSA) is 67.2 Å². The summed E-state index contributed by atoms with van der Waals surface area (Å²) in [7, 11) is 3.86. The van der Waals surface area contributed by atoms with E-state index in [1.807, 2.05) is 39.3 Å². The molecule has 0 aliphatic carbocycles. The standard InChI is InChI=1S/C13H14BN4O2/c1-14-9-5-3-4-8-11(9)17(2)16-12(8)18-7-6-10(19)15-13(18)20/h3-5H,6-7H2,1-2H3,(H,15,19,20). The molecule has 6 nitrogen and oxygen atoms in total. The predicted molar refractivity (Wildman–Crippen MR) is 77.5 cm³/mol. The average Bonchev–Trinajstić information content (AvgIpc) is 2.76. The third-order valence-electron chi connectivity index (χ3n) is 3.50. The van der Waals surface area contributed by atoms with E-state index in [9.17, 15) is 9.59 Å². The first-order valence-corrected chi connectivity index (χ1v) is 6.48. The number of nitrogens with zero attached hydrogens (tertiary/aromatic N) is 3. The summed E-state index contributed by atoms with van der Waals surface area (Å²) in [6.07, 6.45) is 0.295. The van der Waals surface area contributed by atoms with Crippen molar-refractivity contribution < 1.29 is 9.59 Å². The number of amides is 3. The van der Waals surface area contributed by atoms with Crippen molar-refractivity contribution in [3.05, 3.63) is 18.2 Å². The second-order valence-electron chi connectivity index (χ2n) is 4.73. The number of nitrogens with one attached hydrogen (secondary N) is 1. The quantitative estimate of drug-likeness (QED) is 0.802. The van der Waals surface area contributed by atoms with Crippen molar-refractivity contribution in [1.29, 1.82) is 0 Å². The molecule has 1 saturated heterocycles. The third-order valence-corrected chi connectivity index (χ3v) is 3.50. The number of aryl methyl sites for hydroxylation is 1. The van der Waals surface area contributed by atoms with Crippen LogP contribution >= 0.6 is 0 Å². The van der Waals surface area contributed by atoms with E-state index in [2.05, 4.69) is 10.4 Å². The van der Waals surface area contributed by atoms with Crippen LogP contribution in [0.4, 0.5) is 10.6 Å². The Labute approximate surface area is 117 Å². The summed E-state index contributed by atoms with van der Waals surface area (Å²) < 4.78 is 1.77. The number of carbonyl (C=O) groups excluding carboxylic acids is 2. The number of benzene rings is 1. The number of hydrogen-bond acceptors (Lipinski definition) is 3. The molecular weight excluding hydrogens is 255 g/mol. The van der Waals surface area contributed by atoms with Gasteiger partial charge < -0.3 is 0 Å². The molecule has 0 unspecified atom stereocenters. The minimum absolute atomic E-state index is 0.242. The van der Waals surface area contributed by atoms with Crippen molar-refractivity contribution in [1.82, 2.24) is 15.1 Å². The zero-order valence-corrected chi connectivity index (χ0v) is 11.4. The van der Waals surface area contributed by atoms with Crippen molar-refractivity contribution in [2.24, 2.45) is 7.05 Å². The average molecular weight is 269 g/mol. The maximum atomic E-state index is 11.9. The Balaban J connectivity index is 2.13. The third kappa shape index (κ3) is 1.86. The Morgan fingerprint density at radius 3 is 2.85 bits per heavy atom. The highest BCUT2D eigenvalue weighted by molar-refractivity contribution is 6.55. The summed E-state index contributed by atoms with van der Waals surface area (Å²) in [4.78, 5) is 24.7. The van der Waals surface area contributed by atoms with Crippen molar-refractivity contribution in [3.8, 4) is 0 Å². The first kappa shape index (κ1) is 12.7. The van der Waals surface area contributed by atoms with Crippen molar-refractivity contribution in [2.75, 3.05) is 11.4 Å². The Kier molecular flexibility index (Phi) is 2.96. The Morgan fingerprint density at radius 1 is 1.35 bits per heavy atom.